The number of carbonyl (C=O) groups is 2. The molecule has 0 aliphatic heterocycles. The van der Waals surface area contributed by atoms with Gasteiger partial charge in [0.15, 0.2) is 0 Å². The minimum atomic E-state index is -1.19. The van der Waals surface area contributed by atoms with Crippen LogP contribution in [0.1, 0.15) is 33.6 Å². The molecule has 0 heterocycles. The molecular weight excluding hydrogens is 252 g/mol. The van der Waals surface area contributed by atoms with Gasteiger partial charge in [0.2, 0.25) is 0 Å². The third-order valence-corrected chi connectivity index (χ3v) is 4.98. The summed E-state index contributed by atoms with van der Waals surface area (Å²) in [5.41, 5.74) is -1.19. The molecule has 2 N–H and O–H groups in total. The zero-order chi connectivity index (χ0) is 14.0. The van der Waals surface area contributed by atoms with Crippen molar-refractivity contribution in [1.82, 2.24) is 10.2 Å². The van der Waals surface area contributed by atoms with Crippen molar-refractivity contribution in [2.45, 2.75) is 43.9 Å². The van der Waals surface area contributed by atoms with Crippen molar-refractivity contribution >= 4 is 23.8 Å². The summed E-state index contributed by atoms with van der Waals surface area (Å²) in [6.45, 7) is 5.85. The van der Waals surface area contributed by atoms with Gasteiger partial charge in [0.1, 0.15) is 5.54 Å². The summed E-state index contributed by atoms with van der Waals surface area (Å²) in [6, 6.07) is -0.301. The highest BCUT2D eigenvalue weighted by Crippen LogP contribution is 2.46. The fraction of sp³-hybridized carbons (Fsp3) is 0.833. The highest BCUT2D eigenvalue weighted by Gasteiger charge is 2.43. The Morgan fingerprint density at radius 1 is 1.44 bits per heavy atom. The molecule has 0 aromatic carbocycles. The number of carboxylic acids is 1. The number of urea groups is 1. The monoisotopic (exact) mass is 274 g/mol. The fourth-order valence-corrected chi connectivity index (χ4v) is 2.56. The summed E-state index contributed by atoms with van der Waals surface area (Å²) in [7, 11) is 0. The number of nitrogens with zero attached hydrogens (tertiary/aromatic N) is 1. The molecule has 1 aliphatic rings. The van der Waals surface area contributed by atoms with Crippen molar-refractivity contribution in [3.05, 3.63) is 0 Å². The van der Waals surface area contributed by atoms with E-state index in [0.29, 0.717) is 13.1 Å². The molecule has 0 radical (unpaired) electrons. The van der Waals surface area contributed by atoms with Gasteiger partial charge in [0, 0.05) is 17.8 Å². The molecule has 0 aromatic heterocycles. The van der Waals surface area contributed by atoms with Crippen LogP contribution in [0.5, 0.6) is 0 Å². The lowest BCUT2D eigenvalue weighted by Crippen LogP contribution is -2.56. The molecule has 1 saturated carbocycles. The van der Waals surface area contributed by atoms with Gasteiger partial charge in [-0.05, 0) is 39.9 Å². The lowest BCUT2D eigenvalue weighted by atomic mass is 10.0. The second-order valence-electron chi connectivity index (χ2n) is 5.15. The Bertz CT molecular complexity index is 340. The highest BCUT2D eigenvalue weighted by molar-refractivity contribution is 8.00. The third-order valence-electron chi connectivity index (χ3n) is 3.56. The van der Waals surface area contributed by atoms with Gasteiger partial charge in [-0.2, -0.15) is 11.8 Å². The average molecular weight is 274 g/mol. The molecule has 104 valence electrons. The van der Waals surface area contributed by atoms with E-state index in [1.165, 1.54) is 4.90 Å². The van der Waals surface area contributed by atoms with Crippen LogP contribution in [0.4, 0.5) is 4.79 Å². The number of rotatable bonds is 6. The lowest BCUT2D eigenvalue weighted by Gasteiger charge is -2.34. The predicted octanol–water partition coefficient (Wildman–Crippen LogP) is 1.78. The average Bonchev–Trinajstić information content (AvgIpc) is 3.07. The highest BCUT2D eigenvalue weighted by atomic mass is 32.2. The molecule has 1 aliphatic carbocycles. The molecule has 0 saturated heterocycles. The van der Waals surface area contributed by atoms with Crippen molar-refractivity contribution in [1.29, 1.82) is 0 Å². The number of carboxylic acid groups (broad SMARTS) is 1. The number of nitrogens with one attached hydrogen (secondary N) is 1. The van der Waals surface area contributed by atoms with Crippen molar-refractivity contribution in [2.75, 3.05) is 19.3 Å². The normalized spacial score (nSPS) is 17.1. The second-order valence-corrected chi connectivity index (χ2v) is 6.43. The van der Waals surface area contributed by atoms with Crippen LogP contribution in [-0.4, -0.2) is 51.6 Å². The van der Waals surface area contributed by atoms with Crippen LogP contribution in [0.2, 0.25) is 0 Å². The number of thioether (sulfide) groups is 1. The molecular formula is C12H22N2O3S. The van der Waals surface area contributed by atoms with Crippen LogP contribution < -0.4 is 5.32 Å². The van der Waals surface area contributed by atoms with E-state index in [9.17, 15) is 9.59 Å². The first-order valence-corrected chi connectivity index (χ1v) is 7.35. The Balaban J connectivity index is 2.60. The van der Waals surface area contributed by atoms with Crippen LogP contribution in [0.15, 0.2) is 0 Å². The Morgan fingerprint density at radius 3 is 2.33 bits per heavy atom. The van der Waals surface area contributed by atoms with E-state index in [0.717, 1.165) is 12.8 Å². The van der Waals surface area contributed by atoms with Gasteiger partial charge in [0.25, 0.3) is 0 Å². The van der Waals surface area contributed by atoms with E-state index in [1.807, 2.05) is 6.26 Å². The summed E-state index contributed by atoms with van der Waals surface area (Å²) < 4.78 is 0.183. The van der Waals surface area contributed by atoms with Gasteiger partial charge >= 0.3 is 12.0 Å². The quantitative estimate of drug-likeness (QED) is 0.774. The van der Waals surface area contributed by atoms with E-state index in [1.54, 1.807) is 32.5 Å². The largest absolute Gasteiger partial charge is 0.480 e. The molecule has 1 rings (SSSR count). The SMILES string of the molecule is CCN(C(=O)NCC1(SC)CC1)C(C)(C)C(=O)O. The third kappa shape index (κ3) is 3.10. The smallest absolute Gasteiger partial charge is 0.329 e. The number of amides is 2. The number of likely N-dealkylation sites (N-methyl/N-ethyl adjacent to an activating group) is 1. The Morgan fingerprint density at radius 2 is 2.00 bits per heavy atom. The number of carbonyl (C=O) groups excluding carboxylic acids is 1. The minimum Gasteiger partial charge on any atom is -0.480 e. The first-order chi connectivity index (χ1) is 8.29. The Labute approximate surface area is 112 Å². The van der Waals surface area contributed by atoms with Crippen molar-refractivity contribution in [3.63, 3.8) is 0 Å². The van der Waals surface area contributed by atoms with Crippen molar-refractivity contribution in [2.24, 2.45) is 0 Å². The van der Waals surface area contributed by atoms with Crippen LogP contribution in [0.3, 0.4) is 0 Å². The van der Waals surface area contributed by atoms with Crippen LogP contribution in [0, 0.1) is 0 Å². The molecule has 18 heavy (non-hydrogen) atoms. The molecule has 5 nitrogen and oxygen atoms in total. The van der Waals surface area contributed by atoms with E-state index >= 15 is 0 Å². The summed E-state index contributed by atoms with van der Waals surface area (Å²) in [5, 5.41) is 12.0. The fourth-order valence-electron chi connectivity index (χ4n) is 1.83. The van der Waals surface area contributed by atoms with Crippen molar-refractivity contribution < 1.29 is 14.7 Å². The lowest BCUT2D eigenvalue weighted by molar-refractivity contribution is -0.147. The molecule has 0 unspecified atom stereocenters. The number of hydrogen-bond acceptors (Lipinski definition) is 3. The van der Waals surface area contributed by atoms with Gasteiger partial charge in [-0.15, -0.1) is 0 Å². The van der Waals surface area contributed by atoms with Crippen molar-refractivity contribution in [3.8, 4) is 0 Å². The summed E-state index contributed by atoms with van der Waals surface area (Å²) in [5.74, 6) is -0.995. The first-order valence-electron chi connectivity index (χ1n) is 6.13. The molecule has 0 spiro atoms. The zero-order valence-electron chi connectivity index (χ0n) is 11.4. The molecule has 0 bridgehead atoms. The Kier molecular flexibility index (Phi) is 4.53. The maximum Gasteiger partial charge on any atom is 0.329 e. The summed E-state index contributed by atoms with van der Waals surface area (Å²) in [6.07, 6.45) is 4.27. The van der Waals surface area contributed by atoms with E-state index in [2.05, 4.69) is 5.32 Å². The second kappa shape index (κ2) is 5.38. The van der Waals surface area contributed by atoms with Gasteiger partial charge in [-0.25, -0.2) is 9.59 Å². The first kappa shape index (κ1) is 15.1. The Hall–Kier alpha value is -0.910. The molecule has 1 fully saturated rings. The predicted molar refractivity (Wildman–Crippen MR) is 73.0 cm³/mol. The van der Waals surface area contributed by atoms with E-state index in [4.69, 9.17) is 5.11 Å². The molecule has 6 heteroatoms. The topological polar surface area (TPSA) is 69.6 Å². The van der Waals surface area contributed by atoms with Crippen LogP contribution in [0.25, 0.3) is 0 Å². The summed E-state index contributed by atoms with van der Waals surface area (Å²) >= 11 is 1.76. The molecule has 0 aromatic rings. The van der Waals surface area contributed by atoms with Gasteiger partial charge in [0.05, 0.1) is 0 Å². The standard InChI is InChI=1S/C12H22N2O3S/c1-5-14(11(2,3)9(15)16)10(17)13-8-12(18-4)6-7-12/h5-8H2,1-4H3,(H,13,17)(H,15,16). The number of hydrogen-bond donors (Lipinski definition) is 2. The maximum absolute atomic E-state index is 12.1. The number of aliphatic carboxylic acids is 1. The van der Waals surface area contributed by atoms with E-state index < -0.39 is 11.5 Å². The molecule has 0 atom stereocenters. The van der Waals surface area contributed by atoms with Gasteiger partial charge in [-0.1, -0.05) is 0 Å². The van der Waals surface area contributed by atoms with Crippen LogP contribution >= 0.6 is 11.8 Å². The molecule has 2 amide bonds. The van der Waals surface area contributed by atoms with Gasteiger partial charge < -0.3 is 15.3 Å². The summed E-state index contributed by atoms with van der Waals surface area (Å²) in [4.78, 5) is 24.6. The van der Waals surface area contributed by atoms with Crippen LogP contribution in [-0.2, 0) is 4.79 Å². The van der Waals surface area contributed by atoms with E-state index in [-0.39, 0.29) is 10.8 Å². The zero-order valence-corrected chi connectivity index (χ0v) is 12.3. The van der Waals surface area contributed by atoms with Gasteiger partial charge in [-0.3, -0.25) is 0 Å². The maximum atomic E-state index is 12.1. The minimum absolute atomic E-state index is 0.183.